The molecule has 0 aromatic heterocycles. The van der Waals surface area contributed by atoms with Gasteiger partial charge in [0.15, 0.2) is 0 Å². The first-order chi connectivity index (χ1) is 12.4. The van der Waals surface area contributed by atoms with Gasteiger partial charge in [-0.25, -0.2) is 0 Å². The van der Waals surface area contributed by atoms with Crippen molar-refractivity contribution in [3.63, 3.8) is 0 Å². The zero-order chi connectivity index (χ0) is 18.7. The van der Waals surface area contributed by atoms with Crippen molar-refractivity contribution < 1.29 is 4.48 Å². The zero-order valence-electron chi connectivity index (χ0n) is 17.2. The molecule has 0 aliphatic carbocycles. The quantitative estimate of drug-likeness (QED) is 0.652. The number of nitrogens with zero attached hydrogens (tertiary/aromatic N) is 2. The average molecular weight is 352 g/mol. The topological polar surface area (TPSA) is 3.24 Å². The summed E-state index contributed by atoms with van der Waals surface area (Å²) >= 11 is 0. The van der Waals surface area contributed by atoms with Crippen molar-refractivity contribution in [3.8, 4) is 0 Å². The summed E-state index contributed by atoms with van der Waals surface area (Å²) in [7, 11) is 2.41. The Labute approximate surface area is 160 Å². The van der Waals surface area contributed by atoms with E-state index in [2.05, 4.69) is 88.2 Å². The van der Waals surface area contributed by atoms with Gasteiger partial charge in [0.2, 0.25) is 0 Å². The summed E-state index contributed by atoms with van der Waals surface area (Å²) in [4.78, 5) is 2.55. The number of quaternary nitrogens is 1. The smallest absolute Gasteiger partial charge is 0.104 e. The number of rotatable bonds is 5. The van der Waals surface area contributed by atoms with Crippen molar-refractivity contribution in [2.45, 2.75) is 46.1 Å². The van der Waals surface area contributed by atoms with Crippen LogP contribution in [-0.2, 0) is 6.54 Å². The van der Waals surface area contributed by atoms with Gasteiger partial charge in [-0.15, -0.1) is 0 Å². The third-order valence-corrected chi connectivity index (χ3v) is 5.96. The molecule has 2 nitrogen and oxygen atoms in total. The predicted molar refractivity (Wildman–Crippen MR) is 113 cm³/mol. The molecule has 0 bridgehead atoms. The highest BCUT2D eigenvalue weighted by Crippen LogP contribution is 2.24. The second-order valence-electron chi connectivity index (χ2n) is 8.85. The van der Waals surface area contributed by atoms with Gasteiger partial charge in [0.25, 0.3) is 0 Å². The second kappa shape index (κ2) is 7.84. The van der Waals surface area contributed by atoms with E-state index in [-0.39, 0.29) is 0 Å². The molecule has 1 aliphatic heterocycles. The number of anilines is 1. The molecule has 0 atom stereocenters. The molecule has 2 heteroatoms. The van der Waals surface area contributed by atoms with Crippen molar-refractivity contribution in [2.24, 2.45) is 0 Å². The molecule has 2 aromatic rings. The minimum Gasteiger partial charge on any atom is -0.360 e. The molecule has 0 saturated carbocycles. The van der Waals surface area contributed by atoms with Crippen molar-refractivity contribution in [1.29, 1.82) is 0 Å². The molecule has 1 aliphatic rings. The van der Waals surface area contributed by atoms with Gasteiger partial charge >= 0.3 is 0 Å². The lowest BCUT2D eigenvalue weighted by Gasteiger charge is -2.43. The van der Waals surface area contributed by atoms with Crippen LogP contribution >= 0.6 is 0 Å². The van der Waals surface area contributed by atoms with Crippen molar-refractivity contribution in [1.82, 2.24) is 0 Å². The molecule has 0 N–H and O–H groups in total. The Balaban J connectivity index is 1.59. The lowest BCUT2D eigenvalue weighted by Crippen LogP contribution is -2.56. The standard InChI is InChI=1S/C24H35N2/c1-19(2)22-8-6-21(7-9-22)18-26(5)16-14-25(15-17-26)24-12-10-23(11-13-24)20(3)4/h6-13,19-20H,14-18H2,1-5H3/q+1. The lowest BCUT2D eigenvalue weighted by molar-refractivity contribution is -0.923. The Hall–Kier alpha value is -1.80. The molecule has 3 rings (SSSR count). The molecular formula is C24H35N2+. The maximum atomic E-state index is 2.55. The predicted octanol–water partition coefficient (Wildman–Crippen LogP) is 5.40. The van der Waals surface area contributed by atoms with Crippen LogP contribution in [0.4, 0.5) is 5.69 Å². The van der Waals surface area contributed by atoms with E-state index in [9.17, 15) is 0 Å². The molecule has 140 valence electrons. The van der Waals surface area contributed by atoms with Crippen LogP contribution < -0.4 is 4.90 Å². The summed E-state index contributed by atoms with van der Waals surface area (Å²) in [6.45, 7) is 14.9. The van der Waals surface area contributed by atoms with E-state index in [0.717, 1.165) is 24.1 Å². The highest BCUT2D eigenvalue weighted by Gasteiger charge is 2.29. The van der Waals surface area contributed by atoms with Crippen LogP contribution in [0, 0.1) is 0 Å². The summed E-state index contributed by atoms with van der Waals surface area (Å²) in [5.41, 5.74) is 5.70. The molecule has 2 aromatic carbocycles. The van der Waals surface area contributed by atoms with Gasteiger partial charge in [-0.2, -0.15) is 0 Å². The van der Waals surface area contributed by atoms with E-state index in [4.69, 9.17) is 0 Å². The van der Waals surface area contributed by atoms with Crippen LogP contribution in [0.5, 0.6) is 0 Å². The van der Waals surface area contributed by atoms with Crippen LogP contribution in [0.1, 0.15) is 56.2 Å². The number of piperazine rings is 1. The Morgan fingerprint density at radius 2 is 1.23 bits per heavy atom. The molecule has 1 saturated heterocycles. The highest BCUT2D eigenvalue weighted by atomic mass is 15.4. The molecule has 0 radical (unpaired) electrons. The molecule has 0 unspecified atom stereocenters. The Bertz CT molecular complexity index is 690. The molecule has 26 heavy (non-hydrogen) atoms. The number of hydrogen-bond acceptors (Lipinski definition) is 1. The van der Waals surface area contributed by atoms with Crippen molar-refractivity contribution >= 4 is 5.69 Å². The van der Waals surface area contributed by atoms with Crippen LogP contribution in [-0.4, -0.2) is 37.7 Å². The fraction of sp³-hybridized carbons (Fsp3) is 0.500. The van der Waals surface area contributed by atoms with Gasteiger partial charge < -0.3 is 9.38 Å². The Morgan fingerprint density at radius 3 is 1.69 bits per heavy atom. The maximum absolute atomic E-state index is 2.55. The zero-order valence-corrected chi connectivity index (χ0v) is 17.2. The summed E-state index contributed by atoms with van der Waals surface area (Å²) in [5, 5.41) is 0. The van der Waals surface area contributed by atoms with Crippen molar-refractivity contribution in [3.05, 3.63) is 65.2 Å². The van der Waals surface area contributed by atoms with E-state index in [1.54, 1.807) is 0 Å². The minimum absolute atomic E-state index is 0.604. The SMILES string of the molecule is CC(C)c1ccc(C[N+]2(C)CCN(c3ccc(C(C)C)cc3)CC2)cc1. The number of hydrogen-bond donors (Lipinski definition) is 0. The van der Waals surface area contributed by atoms with E-state index >= 15 is 0 Å². The summed E-state index contributed by atoms with van der Waals surface area (Å²) in [6.07, 6.45) is 0. The van der Waals surface area contributed by atoms with Gasteiger partial charge in [0, 0.05) is 11.3 Å². The third kappa shape index (κ3) is 4.48. The fourth-order valence-electron chi connectivity index (χ4n) is 3.88. The third-order valence-electron chi connectivity index (χ3n) is 5.96. The first kappa shape index (κ1) is 19.0. The lowest BCUT2D eigenvalue weighted by atomic mass is 10.0. The highest BCUT2D eigenvalue weighted by molar-refractivity contribution is 5.48. The molecule has 1 fully saturated rings. The molecule has 1 heterocycles. The maximum Gasteiger partial charge on any atom is 0.104 e. The van der Waals surface area contributed by atoms with Crippen LogP contribution in [0.3, 0.4) is 0 Å². The Kier molecular flexibility index (Phi) is 5.72. The van der Waals surface area contributed by atoms with Crippen molar-refractivity contribution in [2.75, 3.05) is 38.1 Å². The number of likely N-dealkylation sites (N-methyl/N-ethyl adjacent to an activating group) is 1. The summed E-state index contributed by atoms with van der Waals surface area (Å²) in [6, 6.07) is 18.5. The molecule has 0 spiro atoms. The molecule has 0 amide bonds. The van der Waals surface area contributed by atoms with Gasteiger partial charge in [-0.1, -0.05) is 64.1 Å². The largest absolute Gasteiger partial charge is 0.360 e. The van der Waals surface area contributed by atoms with Gasteiger partial charge in [-0.05, 0) is 35.1 Å². The van der Waals surface area contributed by atoms with E-state index in [0.29, 0.717) is 11.8 Å². The van der Waals surface area contributed by atoms with E-state index in [1.165, 1.54) is 35.5 Å². The summed E-state index contributed by atoms with van der Waals surface area (Å²) < 4.78 is 1.14. The van der Waals surface area contributed by atoms with E-state index in [1.807, 2.05) is 0 Å². The van der Waals surface area contributed by atoms with Gasteiger partial charge in [0.1, 0.15) is 6.54 Å². The van der Waals surface area contributed by atoms with E-state index < -0.39 is 0 Å². The van der Waals surface area contributed by atoms with Crippen LogP contribution in [0.2, 0.25) is 0 Å². The number of benzene rings is 2. The molecular weight excluding hydrogens is 316 g/mol. The fourth-order valence-corrected chi connectivity index (χ4v) is 3.88. The minimum atomic E-state index is 0.604. The van der Waals surface area contributed by atoms with Gasteiger partial charge in [-0.3, -0.25) is 0 Å². The summed E-state index contributed by atoms with van der Waals surface area (Å²) in [5.74, 6) is 1.21. The first-order valence-electron chi connectivity index (χ1n) is 10.1. The van der Waals surface area contributed by atoms with Gasteiger partial charge in [0.05, 0.1) is 33.2 Å². The van der Waals surface area contributed by atoms with Crippen LogP contribution in [0.25, 0.3) is 0 Å². The second-order valence-corrected chi connectivity index (χ2v) is 8.85. The first-order valence-corrected chi connectivity index (χ1v) is 10.1. The average Bonchev–Trinajstić information content (AvgIpc) is 2.62. The van der Waals surface area contributed by atoms with Crippen LogP contribution in [0.15, 0.2) is 48.5 Å². The normalized spacial score (nSPS) is 17.1. The monoisotopic (exact) mass is 351 g/mol. The Morgan fingerprint density at radius 1 is 0.769 bits per heavy atom.